The molecule has 1 aliphatic heterocycles. The van der Waals surface area contributed by atoms with Crippen molar-refractivity contribution in [2.45, 2.75) is 38.8 Å². The Morgan fingerprint density at radius 3 is 2.63 bits per heavy atom. The van der Waals surface area contributed by atoms with Crippen LogP contribution >= 0.6 is 0 Å². The minimum absolute atomic E-state index is 0.385. The summed E-state index contributed by atoms with van der Waals surface area (Å²) < 4.78 is 0. The van der Waals surface area contributed by atoms with Crippen LogP contribution in [0, 0.1) is 0 Å². The van der Waals surface area contributed by atoms with E-state index in [1.807, 2.05) is 41.0 Å². The second-order valence-electron chi connectivity index (χ2n) is 5.71. The standard InChI is InChI=1S/C13H26N6/c1-12(2,10-15-7-6-14-5)18-19-13(3,4)11-16-8-9-17-11/h10,14H,6-9H2,1-5H3,(H,16,17). The molecule has 0 aromatic heterocycles. The molecule has 0 aromatic rings. The monoisotopic (exact) mass is 266 g/mol. The van der Waals surface area contributed by atoms with Crippen molar-refractivity contribution in [3.63, 3.8) is 0 Å². The van der Waals surface area contributed by atoms with Gasteiger partial charge in [0.05, 0.1) is 13.1 Å². The van der Waals surface area contributed by atoms with Gasteiger partial charge in [-0.2, -0.15) is 10.2 Å². The fourth-order valence-corrected chi connectivity index (χ4v) is 1.60. The number of aliphatic imine (C=N–C) groups is 2. The quantitative estimate of drug-likeness (QED) is 0.414. The summed E-state index contributed by atoms with van der Waals surface area (Å²) in [5.74, 6) is 0.916. The van der Waals surface area contributed by atoms with Crippen LogP contribution in [0.15, 0.2) is 20.2 Å². The molecule has 0 unspecified atom stereocenters. The van der Waals surface area contributed by atoms with Crippen LogP contribution in [0.4, 0.5) is 0 Å². The molecule has 0 atom stereocenters. The minimum atomic E-state index is -0.396. The molecule has 1 rings (SSSR count). The molecule has 6 heteroatoms. The zero-order chi connectivity index (χ0) is 14.4. The van der Waals surface area contributed by atoms with Gasteiger partial charge in [-0.3, -0.25) is 9.98 Å². The first-order chi connectivity index (χ1) is 8.87. The average Bonchev–Trinajstić information content (AvgIpc) is 2.87. The molecular formula is C13H26N6. The van der Waals surface area contributed by atoms with E-state index in [2.05, 4.69) is 30.8 Å². The molecule has 0 bridgehead atoms. The minimum Gasteiger partial charge on any atom is -0.370 e. The van der Waals surface area contributed by atoms with Gasteiger partial charge in [-0.15, -0.1) is 0 Å². The van der Waals surface area contributed by atoms with Crippen LogP contribution in [0.2, 0.25) is 0 Å². The van der Waals surface area contributed by atoms with Crippen molar-refractivity contribution in [2.24, 2.45) is 20.2 Å². The van der Waals surface area contributed by atoms with Crippen LogP contribution in [-0.4, -0.2) is 56.4 Å². The van der Waals surface area contributed by atoms with Crippen molar-refractivity contribution >= 4 is 12.1 Å². The molecule has 1 aliphatic rings. The van der Waals surface area contributed by atoms with E-state index in [9.17, 15) is 0 Å². The van der Waals surface area contributed by atoms with E-state index in [4.69, 9.17) is 0 Å². The topological polar surface area (TPSA) is 73.5 Å². The number of nitrogens with one attached hydrogen (secondary N) is 2. The van der Waals surface area contributed by atoms with Gasteiger partial charge in [-0.25, -0.2) is 0 Å². The Morgan fingerprint density at radius 2 is 2.05 bits per heavy atom. The van der Waals surface area contributed by atoms with Crippen molar-refractivity contribution < 1.29 is 0 Å². The van der Waals surface area contributed by atoms with Crippen LogP contribution in [0.3, 0.4) is 0 Å². The molecule has 1 heterocycles. The van der Waals surface area contributed by atoms with Gasteiger partial charge in [0.25, 0.3) is 0 Å². The molecule has 0 spiro atoms. The molecule has 6 nitrogen and oxygen atoms in total. The molecule has 19 heavy (non-hydrogen) atoms. The zero-order valence-corrected chi connectivity index (χ0v) is 12.7. The summed E-state index contributed by atoms with van der Waals surface area (Å²) >= 11 is 0. The third-order valence-corrected chi connectivity index (χ3v) is 2.71. The molecular weight excluding hydrogens is 240 g/mol. The fourth-order valence-electron chi connectivity index (χ4n) is 1.60. The average molecular weight is 266 g/mol. The Bertz CT molecular complexity index is 367. The summed E-state index contributed by atoms with van der Waals surface area (Å²) in [7, 11) is 1.91. The van der Waals surface area contributed by atoms with Gasteiger partial charge in [0.2, 0.25) is 0 Å². The smallest absolute Gasteiger partial charge is 0.133 e. The van der Waals surface area contributed by atoms with Gasteiger partial charge >= 0.3 is 0 Å². The van der Waals surface area contributed by atoms with E-state index in [0.29, 0.717) is 0 Å². The van der Waals surface area contributed by atoms with Gasteiger partial charge in [0.15, 0.2) is 0 Å². The number of nitrogens with zero attached hydrogens (tertiary/aromatic N) is 4. The van der Waals surface area contributed by atoms with E-state index in [-0.39, 0.29) is 5.54 Å². The van der Waals surface area contributed by atoms with E-state index < -0.39 is 5.54 Å². The van der Waals surface area contributed by atoms with Gasteiger partial charge in [-0.1, -0.05) is 0 Å². The summed E-state index contributed by atoms with van der Waals surface area (Å²) in [5, 5.41) is 15.1. The largest absolute Gasteiger partial charge is 0.370 e. The van der Waals surface area contributed by atoms with Crippen LogP contribution < -0.4 is 10.6 Å². The van der Waals surface area contributed by atoms with Crippen LogP contribution in [0.25, 0.3) is 0 Å². The van der Waals surface area contributed by atoms with Gasteiger partial charge in [0.1, 0.15) is 16.9 Å². The Morgan fingerprint density at radius 1 is 1.32 bits per heavy atom. The lowest BCUT2D eigenvalue weighted by atomic mass is 10.1. The molecule has 0 saturated carbocycles. The number of hydrogen-bond acceptors (Lipinski definition) is 6. The second-order valence-corrected chi connectivity index (χ2v) is 5.71. The lowest BCUT2D eigenvalue weighted by Gasteiger charge is -2.21. The number of azo groups is 1. The van der Waals surface area contributed by atoms with E-state index in [0.717, 1.165) is 32.0 Å². The van der Waals surface area contributed by atoms with Gasteiger partial charge in [-0.05, 0) is 34.7 Å². The van der Waals surface area contributed by atoms with Crippen molar-refractivity contribution in [1.29, 1.82) is 0 Å². The number of likely N-dealkylation sites (N-methyl/N-ethyl adjacent to an activating group) is 1. The summed E-state index contributed by atoms with van der Waals surface area (Å²) in [6.07, 6.45) is 1.85. The highest BCUT2D eigenvalue weighted by Gasteiger charge is 2.27. The summed E-state index contributed by atoms with van der Waals surface area (Å²) in [5.41, 5.74) is -0.781. The third-order valence-electron chi connectivity index (χ3n) is 2.71. The summed E-state index contributed by atoms with van der Waals surface area (Å²) in [4.78, 5) is 8.75. The Kier molecular flexibility index (Phi) is 5.60. The molecule has 0 amide bonds. The van der Waals surface area contributed by atoms with E-state index in [1.165, 1.54) is 0 Å². The van der Waals surface area contributed by atoms with Crippen LogP contribution in [0.1, 0.15) is 27.7 Å². The Hall–Kier alpha value is -1.30. The number of amidine groups is 1. The number of hydrogen-bond donors (Lipinski definition) is 2. The lowest BCUT2D eigenvalue weighted by Crippen LogP contribution is -2.38. The highest BCUT2D eigenvalue weighted by atomic mass is 15.2. The molecule has 108 valence electrons. The first kappa shape index (κ1) is 15.8. The summed E-state index contributed by atoms with van der Waals surface area (Å²) in [6.45, 7) is 11.4. The van der Waals surface area contributed by atoms with Gasteiger partial charge < -0.3 is 10.6 Å². The molecule has 0 radical (unpaired) electrons. The highest BCUT2D eigenvalue weighted by Crippen LogP contribution is 2.16. The first-order valence-electron chi connectivity index (χ1n) is 6.76. The highest BCUT2D eigenvalue weighted by molar-refractivity contribution is 5.92. The van der Waals surface area contributed by atoms with Crippen LogP contribution in [-0.2, 0) is 0 Å². The van der Waals surface area contributed by atoms with E-state index >= 15 is 0 Å². The lowest BCUT2D eigenvalue weighted by molar-refractivity contribution is 0.563. The zero-order valence-electron chi connectivity index (χ0n) is 12.7. The summed E-state index contributed by atoms with van der Waals surface area (Å²) in [6, 6.07) is 0. The molecule has 0 fully saturated rings. The maximum Gasteiger partial charge on any atom is 0.133 e. The molecule has 0 saturated heterocycles. The second kappa shape index (κ2) is 6.75. The van der Waals surface area contributed by atoms with Gasteiger partial charge in [0, 0.05) is 19.3 Å². The van der Waals surface area contributed by atoms with E-state index in [1.54, 1.807) is 0 Å². The fraction of sp³-hybridized carbons (Fsp3) is 0.846. The van der Waals surface area contributed by atoms with Crippen molar-refractivity contribution in [3.05, 3.63) is 0 Å². The number of rotatable bonds is 7. The maximum atomic E-state index is 4.43. The van der Waals surface area contributed by atoms with Crippen molar-refractivity contribution in [1.82, 2.24) is 10.6 Å². The Balaban J connectivity index is 2.60. The predicted molar refractivity (Wildman–Crippen MR) is 80.6 cm³/mol. The molecule has 2 N–H and O–H groups in total. The SMILES string of the molecule is CNCCN=CC(C)(C)N=NC(C)(C)C1=NCCN1. The first-order valence-corrected chi connectivity index (χ1v) is 6.76. The van der Waals surface area contributed by atoms with Crippen molar-refractivity contribution in [3.8, 4) is 0 Å². The predicted octanol–water partition coefficient (Wildman–Crippen LogP) is 1.29. The third kappa shape index (κ3) is 5.46. The Labute approximate surface area is 115 Å². The van der Waals surface area contributed by atoms with Crippen molar-refractivity contribution in [2.75, 3.05) is 33.2 Å². The maximum absolute atomic E-state index is 4.43. The molecule has 0 aromatic carbocycles. The molecule has 0 aliphatic carbocycles. The normalized spacial score (nSPS) is 17.2. The van der Waals surface area contributed by atoms with Crippen LogP contribution in [0.5, 0.6) is 0 Å².